The van der Waals surface area contributed by atoms with Gasteiger partial charge in [0, 0.05) is 19.2 Å². The van der Waals surface area contributed by atoms with Gasteiger partial charge in [0.25, 0.3) is 5.91 Å². The van der Waals surface area contributed by atoms with Crippen molar-refractivity contribution in [1.82, 2.24) is 25.4 Å². The first-order valence-corrected chi connectivity index (χ1v) is 13.0. The minimum Gasteiger partial charge on any atom is -0.390 e. The normalized spacial score (nSPS) is 12.9. The zero-order valence-electron chi connectivity index (χ0n) is 21.3. The highest BCUT2D eigenvalue weighted by Crippen LogP contribution is 2.31. The highest BCUT2D eigenvalue weighted by molar-refractivity contribution is 7.09. The van der Waals surface area contributed by atoms with Crippen LogP contribution in [0.3, 0.4) is 0 Å². The molecule has 0 unspecified atom stereocenters. The number of hydrogen-bond donors (Lipinski definition) is 3. The summed E-state index contributed by atoms with van der Waals surface area (Å²) in [5.74, 6) is -1.78. The summed E-state index contributed by atoms with van der Waals surface area (Å²) in [5.41, 5.74) is 3.68. The lowest BCUT2D eigenvalue weighted by molar-refractivity contribution is 0.0829. The minimum absolute atomic E-state index is 0.00458. The Kier molecular flexibility index (Phi) is 8.93. The maximum Gasteiger partial charge on any atom is 0.257 e. The molecule has 0 radical (unpaired) electrons. The lowest BCUT2D eigenvalue weighted by atomic mass is 9.99. The van der Waals surface area contributed by atoms with Crippen LogP contribution in [0.15, 0.2) is 47.0 Å². The van der Waals surface area contributed by atoms with Crippen LogP contribution in [0.4, 0.5) is 8.78 Å². The van der Waals surface area contributed by atoms with Crippen LogP contribution < -0.4 is 10.6 Å². The summed E-state index contributed by atoms with van der Waals surface area (Å²) in [6, 6.07) is 10.4. The second-order valence-corrected chi connectivity index (χ2v) is 9.85. The molecule has 2 aromatic carbocycles. The third-order valence-corrected chi connectivity index (χ3v) is 7.02. The van der Waals surface area contributed by atoms with Gasteiger partial charge in [-0.2, -0.15) is 0 Å². The first-order chi connectivity index (χ1) is 18.2. The fourth-order valence-electron chi connectivity index (χ4n) is 4.20. The first kappa shape index (κ1) is 27.5. The van der Waals surface area contributed by atoms with Gasteiger partial charge in [-0.3, -0.25) is 4.79 Å². The largest absolute Gasteiger partial charge is 0.390 e. The summed E-state index contributed by atoms with van der Waals surface area (Å²) in [6.45, 7) is 6.09. The predicted octanol–water partition coefficient (Wildman–Crippen LogP) is 4.14. The number of amides is 1. The number of nitrogens with zero attached hydrogens (tertiary/aromatic N) is 3. The molecule has 2 heterocycles. The smallest absolute Gasteiger partial charge is 0.257 e. The zero-order chi connectivity index (χ0) is 27.2. The van der Waals surface area contributed by atoms with Crippen molar-refractivity contribution in [2.45, 2.75) is 52.3 Å². The highest BCUT2D eigenvalue weighted by atomic mass is 32.1. The Bertz CT molecular complexity index is 1390. The molecule has 0 aliphatic heterocycles. The second-order valence-electron chi connectivity index (χ2n) is 9.09. The molecule has 3 N–H and O–H groups in total. The van der Waals surface area contributed by atoms with Gasteiger partial charge in [0.1, 0.15) is 22.1 Å². The average molecular weight is 542 g/mol. The lowest BCUT2D eigenvalue weighted by Gasteiger charge is -2.25. The van der Waals surface area contributed by atoms with Crippen LogP contribution in [0.2, 0.25) is 0 Å². The topological polar surface area (TPSA) is 113 Å². The van der Waals surface area contributed by atoms with Gasteiger partial charge in [-0.1, -0.05) is 40.8 Å². The van der Waals surface area contributed by atoms with Crippen molar-refractivity contribution in [3.05, 3.63) is 87.7 Å². The number of carbonyl (C=O) groups excluding carboxylic acids is 1. The van der Waals surface area contributed by atoms with Crippen LogP contribution in [-0.2, 0) is 19.4 Å². The van der Waals surface area contributed by atoms with Gasteiger partial charge in [0.05, 0.1) is 23.5 Å². The zero-order valence-corrected chi connectivity index (χ0v) is 22.1. The van der Waals surface area contributed by atoms with Gasteiger partial charge in [0.15, 0.2) is 5.76 Å². The molecular weight excluding hydrogens is 512 g/mol. The van der Waals surface area contributed by atoms with E-state index in [4.69, 9.17) is 4.52 Å². The van der Waals surface area contributed by atoms with Crippen molar-refractivity contribution in [2.24, 2.45) is 0 Å². The maximum absolute atomic E-state index is 13.9. The van der Waals surface area contributed by atoms with E-state index in [0.717, 1.165) is 29.6 Å². The molecule has 4 aromatic rings. The highest BCUT2D eigenvalue weighted by Gasteiger charge is 2.29. The SMILES string of the molecule is CCc1cccc(CNC[C@@H](O)[C@H](Cc2cc(F)cc(F)c2)NC(=O)c2c(C)noc2-c2snnc2C)c1. The van der Waals surface area contributed by atoms with Crippen LogP contribution in [0.25, 0.3) is 10.6 Å². The third kappa shape index (κ3) is 6.66. The Hall–Kier alpha value is -3.54. The molecular formula is C27H29F2N5O3S. The molecule has 0 aliphatic rings. The number of halogens is 2. The van der Waals surface area contributed by atoms with E-state index in [-0.39, 0.29) is 24.3 Å². The molecule has 0 aliphatic carbocycles. The standard InChI is InChI=1S/C27H29F2N5O3S/c1-4-17-6-5-7-18(8-17)13-30-14-23(35)22(11-19-9-20(28)12-21(29)10-19)31-27(36)24-15(2)33-37-25(24)26-16(3)32-34-38-26/h5-10,12,22-23,30,35H,4,11,13-14H2,1-3H3,(H,31,36)/t22-,23+/m0/s1. The number of nitrogens with one attached hydrogen (secondary N) is 2. The molecule has 0 saturated heterocycles. The van der Waals surface area contributed by atoms with E-state index in [1.807, 2.05) is 18.2 Å². The number of aromatic nitrogens is 3. The number of hydrogen-bond acceptors (Lipinski definition) is 8. The number of aliphatic hydroxyl groups excluding tert-OH is 1. The van der Waals surface area contributed by atoms with E-state index >= 15 is 0 Å². The molecule has 38 heavy (non-hydrogen) atoms. The van der Waals surface area contributed by atoms with Crippen molar-refractivity contribution in [1.29, 1.82) is 0 Å². The molecule has 0 saturated carbocycles. The molecule has 4 rings (SSSR count). The van der Waals surface area contributed by atoms with E-state index in [1.165, 1.54) is 17.7 Å². The summed E-state index contributed by atoms with van der Waals surface area (Å²) in [5, 5.41) is 25.0. The van der Waals surface area contributed by atoms with Crippen LogP contribution >= 0.6 is 11.5 Å². The fraction of sp³-hybridized carbons (Fsp3) is 0.333. The molecule has 11 heteroatoms. The van der Waals surface area contributed by atoms with Crippen LogP contribution in [0.5, 0.6) is 0 Å². The Morgan fingerprint density at radius 3 is 2.50 bits per heavy atom. The molecule has 8 nitrogen and oxygen atoms in total. The van der Waals surface area contributed by atoms with Crippen molar-refractivity contribution >= 4 is 17.4 Å². The maximum atomic E-state index is 13.9. The molecule has 1 amide bonds. The number of rotatable bonds is 11. The van der Waals surface area contributed by atoms with E-state index in [9.17, 15) is 18.7 Å². The van der Waals surface area contributed by atoms with E-state index in [0.29, 0.717) is 28.4 Å². The summed E-state index contributed by atoms with van der Waals surface area (Å²) in [6.07, 6.45) is -0.166. The van der Waals surface area contributed by atoms with Crippen molar-refractivity contribution < 1.29 is 23.2 Å². The summed E-state index contributed by atoms with van der Waals surface area (Å²) in [7, 11) is 0. The van der Waals surface area contributed by atoms with E-state index < -0.39 is 29.7 Å². The van der Waals surface area contributed by atoms with Gasteiger partial charge in [-0.05, 0) is 67.0 Å². The fourth-order valence-corrected chi connectivity index (χ4v) is 4.84. The average Bonchev–Trinajstić information content (AvgIpc) is 3.47. The first-order valence-electron chi connectivity index (χ1n) is 12.2. The third-order valence-electron chi connectivity index (χ3n) is 6.19. The van der Waals surface area contributed by atoms with Crippen molar-refractivity contribution in [3.8, 4) is 10.6 Å². The quantitative estimate of drug-likeness (QED) is 0.262. The molecule has 200 valence electrons. The van der Waals surface area contributed by atoms with E-state index in [2.05, 4.69) is 38.4 Å². The number of aryl methyl sites for hydroxylation is 3. The Balaban J connectivity index is 1.53. The van der Waals surface area contributed by atoms with Gasteiger partial charge >= 0.3 is 0 Å². The van der Waals surface area contributed by atoms with Gasteiger partial charge in [-0.15, -0.1) is 5.10 Å². The van der Waals surface area contributed by atoms with Gasteiger partial charge in [0.2, 0.25) is 0 Å². The number of aliphatic hydroxyl groups is 1. The Morgan fingerprint density at radius 1 is 1.08 bits per heavy atom. The van der Waals surface area contributed by atoms with Crippen molar-refractivity contribution in [2.75, 3.05) is 6.54 Å². The van der Waals surface area contributed by atoms with E-state index in [1.54, 1.807) is 13.8 Å². The van der Waals surface area contributed by atoms with Crippen LogP contribution in [-0.4, -0.2) is 44.4 Å². The van der Waals surface area contributed by atoms with Crippen LogP contribution in [0.1, 0.15) is 45.4 Å². The molecule has 0 spiro atoms. The Labute approximate surface area is 223 Å². The number of benzene rings is 2. The molecule has 2 aromatic heterocycles. The monoisotopic (exact) mass is 541 g/mol. The molecule has 0 bridgehead atoms. The van der Waals surface area contributed by atoms with Gasteiger partial charge < -0.3 is 20.3 Å². The molecule has 2 atom stereocenters. The number of carbonyl (C=O) groups is 1. The second kappa shape index (κ2) is 12.3. The molecule has 0 fully saturated rings. The lowest BCUT2D eigenvalue weighted by Crippen LogP contribution is -2.48. The summed E-state index contributed by atoms with van der Waals surface area (Å²) < 4.78 is 37.1. The summed E-state index contributed by atoms with van der Waals surface area (Å²) in [4.78, 5) is 14.0. The van der Waals surface area contributed by atoms with Gasteiger partial charge in [-0.25, -0.2) is 8.78 Å². The minimum atomic E-state index is -1.07. The Morgan fingerprint density at radius 2 is 1.82 bits per heavy atom. The van der Waals surface area contributed by atoms with Crippen molar-refractivity contribution in [3.63, 3.8) is 0 Å². The summed E-state index contributed by atoms with van der Waals surface area (Å²) >= 11 is 1.07. The van der Waals surface area contributed by atoms with Crippen LogP contribution in [0, 0.1) is 25.5 Å². The predicted molar refractivity (Wildman–Crippen MR) is 140 cm³/mol.